The van der Waals surface area contributed by atoms with E-state index in [1.807, 2.05) is 0 Å². The highest BCUT2D eigenvalue weighted by Crippen LogP contribution is 2.32. The largest absolute Gasteiger partial charge is 0.371 e. The van der Waals surface area contributed by atoms with E-state index >= 15 is 0 Å². The van der Waals surface area contributed by atoms with E-state index in [1.165, 1.54) is 6.07 Å². The molecule has 1 saturated heterocycles. The Morgan fingerprint density at radius 1 is 1.19 bits per heavy atom. The fourth-order valence-corrected chi connectivity index (χ4v) is 2.99. The van der Waals surface area contributed by atoms with Gasteiger partial charge in [-0.05, 0) is 30.2 Å². The van der Waals surface area contributed by atoms with Gasteiger partial charge in [-0.25, -0.2) is 13.5 Å². The first-order chi connectivity index (χ1) is 12.6. The van der Waals surface area contributed by atoms with Gasteiger partial charge in [0.25, 0.3) is 0 Å². The Bertz CT molecular complexity index is 918. The first-order valence-electron chi connectivity index (χ1n) is 8.08. The summed E-state index contributed by atoms with van der Waals surface area (Å²) in [7, 11) is 0. The molecule has 2 aromatic heterocycles. The summed E-state index contributed by atoms with van der Waals surface area (Å²) in [6, 6.07) is 7.09. The van der Waals surface area contributed by atoms with E-state index in [0.717, 1.165) is 12.1 Å². The van der Waals surface area contributed by atoms with Crippen molar-refractivity contribution in [3.05, 3.63) is 59.9 Å². The van der Waals surface area contributed by atoms with Gasteiger partial charge in [0.05, 0.1) is 6.04 Å². The molecule has 26 heavy (non-hydrogen) atoms. The minimum atomic E-state index is -0.899. The second-order valence-electron chi connectivity index (χ2n) is 5.92. The first-order valence-corrected chi connectivity index (χ1v) is 8.08. The lowest BCUT2D eigenvalue weighted by atomic mass is 10.0. The van der Waals surface area contributed by atoms with Crippen LogP contribution in [-0.2, 0) is 4.74 Å². The molecule has 0 spiro atoms. The van der Waals surface area contributed by atoms with Gasteiger partial charge < -0.3 is 15.8 Å². The number of rotatable bonds is 4. The summed E-state index contributed by atoms with van der Waals surface area (Å²) >= 11 is 0. The third kappa shape index (κ3) is 3.21. The quantitative estimate of drug-likeness (QED) is 0.745. The number of anilines is 2. The van der Waals surface area contributed by atoms with Crippen LogP contribution in [0.4, 0.5) is 20.5 Å². The maximum atomic E-state index is 13.6. The maximum absolute atomic E-state index is 13.6. The zero-order valence-electron chi connectivity index (χ0n) is 13.6. The van der Waals surface area contributed by atoms with Crippen molar-refractivity contribution in [2.75, 3.05) is 17.7 Å². The molecule has 3 N–H and O–H groups in total. The standard InChI is InChI=1S/C17H16F2N6O/c18-11-3-2-10(8-12(11)19)16-13(4-7-26-16)22-14-9-15(24-17(20)23-14)25-6-1-5-21-25/h1-3,5-6,8-9,13,16H,4,7H2,(H3,20,22,23,24). The third-order valence-electron chi connectivity index (χ3n) is 4.17. The van der Waals surface area contributed by atoms with Crippen molar-refractivity contribution in [1.82, 2.24) is 19.7 Å². The third-order valence-corrected chi connectivity index (χ3v) is 4.17. The van der Waals surface area contributed by atoms with Crippen molar-refractivity contribution in [3.8, 4) is 5.82 Å². The van der Waals surface area contributed by atoms with Gasteiger partial charge in [0, 0.05) is 25.1 Å². The van der Waals surface area contributed by atoms with Gasteiger partial charge in [0.1, 0.15) is 11.9 Å². The van der Waals surface area contributed by atoms with Crippen LogP contribution in [0.3, 0.4) is 0 Å². The first kappa shape index (κ1) is 16.4. The Morgan fingerprint density at radius 3 is 2.85 bits per heavy atom. The Labute approximate surface area is 147 Å². The second-order valence-corrected chi connectivity index (χ2v) is 5.92. The summed E-state index contributed by atoms with van der Waals surface area (Å²) in [6.45, 7) is 0.494. The van der Waals surface area contributed by atoms with E-state index in [0.29, 0.717) is 30.2 Å². The highest BCUT2D eigenvalue weighted by atomic mass is 19.2. The number of benzene rings is 1. The second kappa shape index (κ2) is 6.68. The van der Waals surface area contributed by atoms with E-state index in [-0.39, 0.29) is 12.0 Å². The molecule has 1 aromatic carbocycles. The summed E-state index contributed by atoms with van der Waals surface area (Å²) in [5.41, 5.74) is 6.36. The molecule has 2 unspecified atom stereocenters. The van der Waals surface area contributed by atoms with Crippen LogP contribution in [0.15, 0.2) is 42.7 Å². The normalized spacial score (nSPS) is 19.6. The van der Waals surface area contributed by atoms with Crippen molar-refractivity contribution in [1.29, 1.82) is 0 Å². The van der Waals surface area contributed by atoms with Crippen LogP contribution in [0, 0.1) is 11.6 Å². The van der Waals surface area contributed by atoms with Crippen LogP contribution in [0.2, 0.25) is 0 Å². The minimum Gasteiger partial charge on any atom is -0.371 e. The number of nitrogens with zero attached hydrogens (tertiary/aromatic N) is 4. The predicted octanol–water partition coefficient (Wildman–Crippen LogP) is 2.46. The molecule has 2 atom stereocenters. The summed E-state index contributed by atoms with van der Waals surface area (Å²) in [4.78, 5) is 8.35. The van der Waals surface area contributed by atoms with Gasteiger partial charge in [0.15, 0.2) is 17.5 Å². The molecule has 4 rings (SSSR count). The highest BCUT2D eigenvalue weighted by Gasteiger charge is 2.30. The van der Waals surface area contributed by atoms with E-state index < -0.39 is 17.7 Å². The molecular formula is C17H16F2N6O. The molecule has 3 heterocycles. The molecule has 0 bridgehead atoms. The Hall–Kier alpha value is -3.07. The molecule has 134 valence electrons. The topological polar surface area (TPSA) is 90.9 Å². The van der Waals surface area contributed by atoms with Crippen molar-refractivity contribution < 1.29 is 13.5 Å². The van der Waals surface area contributed by atoms with Crippen molar-refractivity contribution in [2.24, 2.45) is 0 Å². The number of aromatic nitrogens is 4. The van der Waals surface area contributed by atoms with Crippen molar-refractivity contribution in [3.63, 3.8) is 0 Å². The molecule has 1 fully saturated rings. The molecule has 0 radical (unpaired) electrons. The molecule has 3 aromatic rings. The molecule has 9 heteroatoms. The molecule has 7 nitrogen and oxygen atoms in total. The molecule has 0 amide bonds. The predicted molar refractivity (Wildman–Crippen MR) is 90.6 cm³/mol. The number of nitrogen functional groups attached to an aromatic ring is 1. The lowest BCUT2D eigenvalue weighted by Gasteiger charge is -2.21. The van der Waals surface area contributed by atoms with Crippen LogP contribution in [0.25, 0.3) is 5.82 Å². The zero-order chi connectivity index (χ0) is 18.1. The lowest BCUT2D eigenvalue weighted by molar-refractivity contribution is 0.107. The molecular weight excluding hydrogens is 342 g/mol. The monoisotopic (exact) mass is 358 g/mol. The average molecular weight is 358 g/mol. The van der Waals surface area contributed by atoms with E-state index in [4.69, 9.17) is 10.5 Å². The van der Waals surface area contributed by atoms with Crippen LogP contribution in [0.1, 0.15) is 18.1 Å². The van der Waals surface area contributed by atoms with Crippen molar-refractivity contribution >= 4 is 11.8 Å². The lowest BCUT2D eigenvalue weighted by Crippen LogP contribution is -2.24. The summed E-state index contributed by atoms with van der Waals surface area (Å²) in [6.07, 6.45) is 3.64. The van der Waals surface area contributed by atoms with Crippen LogP contribution in [-0.4, -0.2) is 32.4 Å². The molecule has 1 aliphatic heterocycles. The summed E-state index contributed by atoms with van der Waals surface area (Å²) in [5.74, 6) is -0.657. The summed E-state index contributed by atoms with van der Waals surface area (Å²) < 4.78 is 34.0. The van der Waals surface area contributed by atoms with Crippen LogP contribution < -0.4 is 11.1 Å². The van der Waals surface area contributed by atoms with Gasteiger partial charge in [-0.3, -0.25) is 0 Å². The molecule has 0 aliphatic carbocycles. The smallest absolute Gasteiger partial charge is 0.224 e. The van der Waals surface area contributed by atoms with Gasteiger partial charge in [-0.2, -0.15) is 15.1 Å². The summed E-state index contributed by atoms with van der Waals surface area (Å²) in [5, 5.41) is 7.38. The van der Waals surface area contributed by atoms with E-state index in [2.05, 4.69) is 20.4 Å². The van der Waals surface area contributed by atoms with Gasteiger partial charge in [0.2, 0.25) is 5.95 Å². The number of hydrogen-bond donors (Lipinski definition) is 2. The minimum absolute atomic E-state index is 0.101. The Kier molecular flexibility index (Phi) is 4.21. The zero-order valence-corrected chi connectivity index (χ0v) is 13.6. The fourth-order valence-electron chi connectivity index (χ4n) is 2.99. The molecule has 1 aliphatic rings. The number of nitrogens with one attached hydrogen (secondary N) is 1. The number of ether oxygens (including phenoxy) is 1. The molecule has 0 saturated carbocycles. The van der Waals surface area contributed by atoms with Gasteiger partial charge in [-0.1, -0.05) is 6.07 Å². The SMILES string of the molecule is Nc1nc(NC2CCOC2c2ccc(F)c(F)c2)cc(-n2cccn2)n1. The van der Waals surface area contributed by atoms with Gasteiger partial charge in [-0.15, -0.1) is 0 Å². The van der Waals surface area contributed by atoms with Crippen LogP contribution >= 0.6 is 0 Å². The van der Waals surface area contributed by atoms with E-state index in [1.54, 1.807) is 29.2 Å². The number of halogens is 2. The Morgan fingerprint density at radius 2 is 2.08 bits per heavy atom. The number of nitrogens with two attached hydrogens (primary N) is 1. The van der Waals surface area contributed by atoms with Crippen molar-refractivity contribution in [2.45, 2.75) is 18.6 Å². The van der Waals surface area contributed by atoms with Crippen LogP contribution in [0.5, 0.6) is 0 Å². The van der Waals surface area contributed by atoms with Gasteiger partial charge >= 0.3 is 0 Å². The average Bonchev–Trinajstić information content (AvgIpc) is 3.29. The fraction of sp³-hybridized carbons (Fsp3) is 0.235. The highest BCUT2D eigenvalue weighted by molar-refractivity contribution is 5.46. The van der Waals surface area contributed by atoms with E-state index in [9.17, 15) is 8.78 Å². The number of hydrogen-bond acceptors (Lipinski definition) is 6. The maximum Gasteiger partial charge on any atom is 0.224 e. The Balaban J connectivity index is 1.59.